The van der Waals surface area contributed by atoms with Crippen molar-refractivity contribution >= 4 is 23.2 Å². The van der Waals surface area contributed by atoms with E-state index in [2.05, 4.69) is 13.2 Å². The van der Waals surface area contributed by atoms with Crippen LogP contribution in [0.3, 0.4) is 0 Å². The van der Waals surface area contributed by atoms with Crippen LogP contribution in [-0.4, -0.2) is 4.33 Å². The molecule has 1 fully saturated rings. The predicted octanol–water partition coefficient (Wildman–Crippen LogP) is 3.95. The summed E-state index contributed by atoms with van der Waals surface area (Å²) < 4.78 is -0.442. The molecule has 0 aromatic carbocycles. The Kier molecular flexibility index (Phi) is 3.25. The van der Waals surface area contributed by atoms with Crippen LogP contribution in [0, 0.1) is 11.8 Å². The van der Waals surface area contributed by atoms with Crippen LogP contribution in [0.2, 0.25) is 0 Å². The molecule has 0 aliphatic heterocycles. The Balaban J connectivity index is 2.29. The van der Waals surface area contributed by atoms with Gasteiger partial charge in [-0.05, 0) is 31.1 Å². The van der Waals surface area contributed by atoms with Crippen molar-refractivity contribution in [2.75, 3.05) is 0 Å². The molecule has 0 aromatic rings. The maximum atomic E-state index is 5.91. The molecule has 1 rings (SSSR count). The molecule has 1 aliphatic rings. The SMILES string of the molecule is C=CCC(C=C)CC1CC1(Cl)Cl. The van der Waals surface area contributed by atoms with Crippen molar-refractivity contribution in [3.63, 3.8) is 0 Å². The minimum atomic E-state index is -0.442. The van der Waals surface area contributed by atoms with Crippen LogP contribution in [0.4, 0.5) is 0 Å². The van der Waals surface area contributed by atoms with Gasteiger partial charge in [-0.3, -0.25) is 0 Å². The lowest BCUT2D eigenvalue weighted by Gasteiger charge is -2.08. The van der Waals surface area contributed by atoms with E-state index in [4.69, 9.17) is 23.2 Å². The molecule has 1 aliphatic carbocycles. The number of rotatable bonds is 5. The monoisotopic (exact) mass is 204 g/mol. The van der Waals surface area contributed by atoms with Gasteiger partial charge in [-0.25, -0.2) is 0 Å². The second kappa shape index (κ2) is 3.85. The molecule has 0 N–H and O–H groups in total. The second-order valence-electron chi connectivity index (χ2n) is 3.42. The molecule has 0 spiro atoms. The lowest BCUT2D eigenvalue weighted by molar-refractivity contribution is 0.550. The van der Waals surface area contributed by atoms with Gasteiger partial charge in [0.25, 0.3) is 0 Å². The van der Waals surface area contributed by atoms with Crippen molar-refractivity contribution in [2.24, 2.45) is 11.8 Å². The molecule has 0 amide bonds. The zero-order valence-corrected chi connectivity index (χ0v) is 8.61. The molecule has 12 heavy (non-hydrogen) atoms. The first-order valence-electron chi connectivity index (χ1n) is 4.21. The first kappa shape index (κ1) is 10.1. The van der Waals surface area contributed by atoms with Crippen LogP contribution in [-0.2, 0) is 0 Å². The van der Waals surface area contributed by atoms with Crippen LogP contribution in [0.15, 0.2) is 25.3 Å². The number of hydrogen-bond donors (Lipinski definition) is 0. The van der Waals surface area contributed by atoms with Crippen LogP contribution in [0.1, 0.15) is 19.3 Å². The van der Waals surface area contributed by atoms with Crippen molar-refractivity contribution in [3.05, 3.63) is 25.3 Å². The minimum Gasteiger partial charge on any atom is -0.103 e. The Bertz CT molecular complexity index is 184. The van der Waals surface area contributed by atoms with E-state index < -0.39 is 4.33 Å². The largest absolute Gasteiger partial charge is 0.121 e. The molecule has 0 nitrogen and oxygen atoms in total. The van der Waals surface area contributed by atoms with Crippen LogP contribution < -0.4 is 0 Å². The lowest BCUT2D eigenvalue weighted by atomic mass is 9.99. The van der Waals surface area contributed by atoms with Crippen molar-refractivity contribution < 1.29 is 0 Å². The summed E-state index contributed by atoms with van der Waals surface area (Å²) in [5, 5.41) is 0. The molecular weight excluding hydrogens is 191 g/mol. The minimum absolute atomic E-state index is 0.442. The summed E-state index contributed by atoms with van der Waals surface area (Å²) in [6.45, 7) is 7.47. The van der Waals surface area contributed by atoms with Crippen LogP contribution >= 0.6 is 23.2 Å². The van der Waals surface area contributed by atoms with Crippen molar-refractivity contribution in [1.82, 2.24) is 0 Å². The number of alkyl halides is 2. The maximum absolute atomic E-state index is 5.91. The van der Waals surface area contributed by atoms with Gasteiger partial charge in [0.2, 0.25) is 0 Å². The van der Waals surface area contributed by atoms with Crippen LogP contribution in [0.5, 0.6) is 0 Å². The average Bonchev–Trinajstić information content (AvgIpc) is 2.58. The van der Waals surface area contributed by atoms with E-state index in [1.807, 2.05) is 12.2 Å². The van der Waals surface area contributed by atoms with E-state index in [0.717, 1.165) is 19.3 Å². The van der Waals surface area contributed by atoms with E-state index in [1.165, 1.54) is 0 Å². The van der Waals surface area contributed by atoms with Gasteiger partial charge in [-0.1, -0.05) is 12.2 Å². The van der Waals surface area contributed by atoms with E-state index in [1.54, 1.807) is 0 Å². The van der Waals surface area contributed by atoms with Gasteiger partial charge in [-0.2, -0.15) is 0 Å². The Morgan fingerprint density at radius 3 is 2.42 bits per heavy atom. The summed E-state index contributed by atoms with van der Waals surface area (Å²) in [6, 6.07) is 0. The molecular formula is C10H14Cl2. The van der Waals surface area contributed by atoms with Crippen LogP contribution in [0.25, 0.3) is 0 Å². The third-order valence-corrected chi connectivity index (χ3v) is 3.27. The van der Waals surface area contributed by atoms with Gasteiger partial charge in [0.15, 0.2) is 0 Å². The number of halogens is 2. The normalized spacial score (nSPS) is 27.7. The molecule has 0 bridgehead atoms. The lowest BCUT2D eigenvalue weighted by Crippen LogP contribution is -1.99. The predicted molar refractivity (Wildman–Crippen MR) is 55.7 cm³/mol. The third-order valence-electron chi connectivity index (χ3n) is 2.35. The number of allylic oxidation sites excluding steroid dienone is 2. The summed E-state index contributed by atoms with van der Waals surface area (Å²) in [5.41, 5.74) is 0. The molecule has 2 atom stereocenters. The average molecular weight is 205 g/mol. The van der Waals surface area contributed by atoms with E-state index >= 15 is 0 Å². The summed E-state index contributed by atoms with van der Waals surface area (Å²) in [7, 11) is 0. The Morgan fingerprint density at radius 2 is 2.08 bits per heavy atom. The van der Waals surface area contributed by atoms with Gasteiger partial charge in [0, 0.05) is 0 Å². The molecule has 2 unspecified atom stereocenters. The van der Waals surface area contributed by atoms with Gasteiger partial charge >= 0.3 is 0 Å². The van der Waals surface area contributed by atoms with Crippen molar-refractivity contribution in [1.29, 1.82) is 0 Å². The maximum Gasteiger partial charge on any atom is 0.121 e. The first-order chi connectivity index (χ1) is 5.60. The smallest absolute Gasteiger partial charge is 0.103 e. The molecule has 0 aromatic heterocycles. The van der Waals surface area contributed by atoms with E-state index in [0.29, 0.717) is 11.8 Å². The molecule has 1 saturated carbocycles. The molecule has 2 heteroatoms. The highest BCUT2D eigenvalue weighted by atomic mass is 35.5. The molecule has 0 saturated heterocycles. The van der Waals surface area contributed by atoms with Crippen molar-refractivity contribution in [2.45, 2.75) is 23.6 Å². The van der Waals surface area contributed by atoms with Gasteiger partial charge in [0.1, 0.15) is 4.33 Å². The summed E-state index contributed by atoms with van der Waals surface area (Å²) in [4.78, 5) is 0. The van der Waals surface area contributed by atoms with Gasteiger partial charge in [0.05, 0.1) is 0 Å². The highest BCUT2D eigenvalue weighted by molar-refractivity contribution is 6.50. The molecule has 0 heterocycles. The first-order valence-corrected chi connectivity index (χ1v) is 4.97. The zero-order valence-electron chi connectivity index (χ0n) is 7.10. The Labute approximate surface area is 84.2 Å². The second-order valence-corrected chi connectivity index (χ2v) is 4.96. The van der Waals surface area contributed by atoms with Crippen molar-refractivity contribution in [3.8, 4) is 0 Å². The summed E-state index contributed by atoms with van der Waals surface area (Å²) in [6.07, 6.45) is 6.83. The molecule has 68 valence electrons. The topological polar surface area (TPSA) is 0 Å². The zero-order chi connectivity index (χ0) is 9.19. The van der Waals surface area contributed by atoms with Gasteiger partial charge < -0.3 is 0 Å². The Morgan fingerprint density at radius 1 is 1.50 bits per heavy atom. The fourth-order valence-electron chi connectivity index (χ4n) is 1.39. The van der Waals surface area contributed by atoms with E-state index in [-0.39, 0.29) is 0 Å². The molecule has 0 radical (unpaired) electrons. The Hall–Kier alpha value is 0.0600. The highest BCUT2D eigenvalue weighted by Gasteiger charge is 2.51. The standard InChI is InChI=1S/C10H14Cl2/c1-3-5-8(4-2)6-9-7-10(9,11)12/h3-4,8-9H,1-2,5-7H2. The fourth-order valence-corrected chi connectivity index (χ4v) is 1.94. The highest BCUT2D eigenvalue weighted by Crippen LogP contribution is 2.56. The third kappa shape index (κ3) is 2.53. The summed E-state index contributed by atoms with van der Waals surface area (Å²) >= 11 is 11.8. The quantitative estimate of drug-likeness (QED) is 0.471. The summed E-state index contributed by atoms with van der Waals surface area (Å²) in [5.74, 6) is 0.954. The number of hydrogen-bond acceptors (Lipinski definition) is 0. The fraction of sp³-hybridized carbons (Fsp3) is 0.600. The van der Waals surface area contributed by atoms with Gasteiger partial charge in [-0.15, -0.1) is 36.4 Å². The van der Waals surface area contributed by atoms with E-state index in [9.17, 15) is 0 Å².